The molecule has 0 aromatic heterocycles. The quantitative estimate of drug-likeness (QED) is 0.644. The first-order valence-electron chi connectivity index (χ1n) is 9.41. The lowest BCUT2D eigenvalue weighted by molar-refractivity contribution is 0.413. The molecule has 0 N–H and O–H groups in total. The molecule has 2 rings (SSSR count). The summed E-state index contributed by atoms with van der Waals surface area (Å²) in [6, 6.07) is 15.3. The lowest BCUT2D eigenvalue weighted by Crippen LogP contribution is -2.61. The van der Waals surface area contributed by atoms with Gasteiger partial charge in [0.15, 0.2) is 0 Å². The molecule has 0 heterocycles. The van der Waals surface area contributed by atoms with E-state index in [1.165, 1.54) is 26.7 Å². The topological polar surface area (TPSA) is 27.7 Å². The van der Waals surface area contributed by atoms with Crippen molar-refractivity contribution in [3.05, 3.63) is 42.5 Å². The largest absolute Gasteiger partial charge is 0.416 e. The smallest absolute Gasteiger partial charge is 0.218 e. The second kappa shape index (κ2) is 8.15. The Hall–Kier alpha value is -1.03. The molecule has 6 heteroatoms. The molecule has 0 bridgehead atoms. The normalized spacial score (nSPS) is 13.1. The lowest BCUT2D eigenvalue weighted by atomic mass is 10.1. The van der Waals surface area contributed by atoms with E-state index in [1.807, 2.05) is 21.3 Å². The molecule has 0 amide bonds. The van der Waals surface area contributed by atoms with Crippen LogP contribution < -0.4 is 15.6 Å². The van der Waals surface area contributed by atoms with Gasteiger partial charge in [-0.25, -0.2) is 0 Å². The van der Waals surface area contributed by atoms with Gasteiger partial charge in [0.2, 0.25) is 25.0 Å². The first kappa shape index (κ1) is 22.3. The molecule has 0 radical (unpaired) electrons. The molecule has 0 saturated carbocycles. The highest BCUT2D eigenvalue weighted by atomic mass is 28.4. The first-order chi connectivity index (χ1) is 12.5. The van der Waals surface area contributed by atoms with E-state index < -0.39 is 25.0 Å². The van der Waals surface area contributed by atoms with Crippen LogP contribution in [-0.4, -0.2) is 46.3 Å². The molecule has 0 saturated heterocycles. The van der Waals surface area contributed by atoms with Crippen LogP contribution in [0.3, 0.4) is 0 Å². The minimum atomic E-state index is -2.11. The molecule has 0 spiro atoms. The van der Waals surface area contributed by atoms with Gasteiger partial charge in [-0.2, -0.15) is 0 Å². The summed E-state index contributed by atoms with van der Waals surface area (Å²) in [7, 11) is -0.627. The van der Waals surface area contributed by atoms with Crippen molar-refractivity contribution < 1.29 is 13.3 Å². The molecule has 2 aromatic carbocycles. The van der Waals surface area contributed by atoms with E-state index in [1.54, 1.807) is 0 Å². The Balaban J connectivity index is 2.90. The van der Waals surface area contributed by atoms with Crippen LogP contribution in [-0.2, 0) is 13.3 Å². The highest BCUT2D eigenvalue weighted by Crippen LogP contribution is 2.23. The van der Waals surface area contributed by atoms with Crippen molar-refractivity contribution in [1.82, 2.24) is 0 Å². The van der Waals surface area contributed by atoms with Crippen LogP contribution in [0.4, 0.5) is 0 Å². The molecule has 0 fully saturated rings. The zero-order chi connectivity index (χ0) is 20.5. The van der Waals surface area contributed by atoms with Gasteiger partial charge in [0.1, 0.15) is 0 Å². The fourth-order valence-electron chi connectivity index (χ4n) is 3.49. The molecule has 0 aliphatic carbocycles. The number of benzene rings is 2. The first-order valence-corrected chi connectivity index (χ1v) is 18.1. The molecule has 27 heavy (non-hydrogen) atoms. The van der Waals surface area contributed by atoms with Crippen molar-refractivity contribution in [3.8, 4) is 11.1 Å². The molecule has 3 nitrogen and oxygen atoms in total. The molecule has 2 aromatic rings. The Kier molecular flexibility index (Phi) is 6.72. The summed E-state index contributed by atoms with van der Waals surface area (Å²) in [5.74, 6) is 0. The third-order valence-electron chi connectivity index (χ3n) is 5.71. The third-order valence-corrected chi connectivity index (χ3v) is 14.2. The summed E-state index contributed by atoms with van der Waals surface area (Å²) in [5, 5.41) is 4.02. The molecular formula is C21H34O3Si3. The van der Waals surface area contributed by atoms with E-state index in [9.17, 15) is 0 Å². The van der Waals surface area contributed by atoms with Gasteiger partial charge in [-0.05, 0) is 66.0 Å². The van der Waals surface area contributed by atoms with Crippen LogP contribution in [0.15, 0.2) is 42.5 Å². The predicted octanol–water partition coefficient (Wildman–Crippen LogP) is 3.53. The van der Waals surface area contributed by atoms with Gasteiger partial charge >= 0.3 is 0 Å². The van der Waals surface area contributed by atoms with Gasteiger partial charge in [0, 0.05) is 21.3 Å². The SMILES string of the molecule is CO[Si](C)(C)c1ccccc1-c1cccc([Si](C)(C)OC)c1[Si](C)(C)OC. The van der Waals surface area contributed by atoms with Crippen LogP contribution >= 0.6 is 0 Å². The average molecular weight is 419 g/mol. The van der Waals surface area contributed by atoms with Crippen molar-refractivity contribution in [3.63, 3.8) is 0 Å². The highest BCUT2D eigenvalue weighted by molar-refractivity contribution is 6.95. The van der Waals surface area contributed by atoms with E-state index in [0.29, 0.717) is 0 Å². The Morgan fingerprint density at radius 2 is 0.963 bits per heavy atom. The second-order valence-electron chi connectivity index (χ2n) is 8.42. The van der Waals surface area contributed by atoms with Crippen LogP contribution in [0.2, 0.25) is 39.3 Å². The number of hydrogen-bond acceptors (Lipinski definition) is 3. The van der Waals surface area contributed by atoms with E-state index in [0.717, 1.165) is 0 Å². The van der Waals surface area contributed by atoms with E-state index in [-0.39, 0.29) is 0 Å². The highest BCUT2D eigenvalue weighted by Gasteiger charge is 2.38. The number of rotatable bonds is 7. The summed E-state index contributed by atoms with van der Waals surface area (Å²) in [5.41, 5.74) is 2.54. The fraction of sp³-hybridized carbons (Fsp3) is 0.429. The summed E-state index contributed by atoms with van der Waals surface area (Å²) < 4.78 is 18.1. The van der Waals surface area contributed by atoms with Crippen molar-refractivity contribution >= 4 is 40.5 Å². The summed E-state index contributed by atoms with van der Waals surface area (Å²) in [6.45, 7) is 13.6. The Morgan fingerprint density at radius 3 is 1.52 bits per heavy atom. The lowest BCUT2D eigenvalue weighted by Gasteiger charge is -2.33. The van der Waals surface area contributed by atoms with E-state index in [2.05, 4.69) is 81.7 Å². The zero-order valence-electron chi connectivity index (χ0n) is 18.3. The molecule has 0 unspecified atom stereocenters. The maximum atomic E-state index is 6.10. The molecule has 0 atom stereocenters. The number of hydrogen-bond donors (Lipinski definition) is 0. The Bertz CT molecular complexity index is 801. The second-order valence-corrected chi connectivity index (χ2v) is 20.3. The predicted molar refractivity (Wildman–Crippen MR) is 124 cm³/mol. The summed E-state index contributed by atoms with van der Waals surface area (Å²) in [4.78, 5) is 0. The van der Waals surface area contributed by atoms with Crippen molar-refractivity contribution in [1.29, 1.82) is 0 Å². The molecule has 148 valence electrons. The van der Waals surface area contributed by atoms with Gasteiger partial charge in [0.05, 0.1) is 0 Å². The van der Waals surface area contributed by atoms with E-state index in [4.69, 9.17) is 13.3 Å². The average Bonchev–Trinajstić information content (AvgIpc) is 2.67. The summed E-state index contributed by atoms with van der Waals surface area (Å²) in [6.07, 6.45) is 0. The maximum absolute atomic E-state index is 6.10. The maximum Gasteiger partial charge on any atom is 0.218 e. The van der Waals surface area contributed by atoms with Crippen molar-refractivity contribution in [2.24, 2.45) is 0 Å². The Labute approximate surface area is 168 Å². The zero-order valence-corrected chi connectivity index (χ0v) is 21.3. The van der Waals surface area contributed by atoms with Gasteiger partial charge in [-0.3, -0.25) is 0 Å². The minimum Gasteiger partial charge on any atom is -0.416 e. The van der Waals surface area contributed by atoms with Crippen LogP contribution in [0.1, 0.15) is 0 Å². The molecular weight excluding hydrogens is 384 g/mol. The third kappa shape index (κ3) is 4.36. The minimum absolute atomic E-state index is 1.27. The Morgan fingerprint density at radius 1 is 0.519 bits per heavy atom. The van der Waals surface area contributed by atoms with Crippen LogP contribution in [0.5, 0.6) is 0 Å². The van der Waals surface area contributed by atoms with Gasteiger partial charge in [-0.15, -0.1) is 0 Å². The van der Waals surface area contributed by atoms with Crippen molar-refractivity contribution in [2.75, 3.05) is 21.3 Å². The van der Waals surface area contributed by atoms with Gasteiger partial charge in [-0.1, -0.05) is 42.5 Å². The fourth-order valence-corrected chi connectivity index (χ4v) is 10.1. The van der Waals surface area contributed by atoms with Crippen LogP contribution in [0, 0.1) is 0 Å². The monoisotopic (exact) mass is 418 g/mol. The van der Waals surface area contributed by atoms with Crippen molar-refractivity contribution in [2.45, 2.75) is 39.3 Å². The summed E-state index contributed by atoms with van der Waals surface area (Å²) >= 11 is 0. The van der Waals surface area contributed by atoms with Gasteiger partial charge < -0.3 is 13.3 Å². The molecule has 0 aliphatic heterocycles. The van der Waals surface area contributed by atoms with E-state index >= 15 is 0 Å². The van der Waals surface area contributed by atoms with Gasteiger partial charge in [0.25, 0.3) is 0 Å². The standard InChI is InChI=1S/C21H34O3Si3/c1-22-25(4,5)19-15-11-10-13-17(19)18-14-12-16-20(26(6,7)23-2)21(18)27(8,9)24-3/h10-16H,1-9H3. The molecule has 0 aliphatic rings. The van der Waals surface area contributed by atoms with Crippen LogP contribution in [0.25, 0.3) is 11.1 Å².